The first kappa shape index (κ1) is 13.4. The second-order valence-electron chi connectivity index (χ2n) is 5.56. The van der Waals surface area contributed by atoms with Gasteiger partial charge in [-0.05, 0) is 19.1 Å². The SMILES string of the molecule is CC1(C2C=CC3=C(O2)C(=O)c2ccccc2C3=O)OCCO1. The van der Waals surface area contributed by atoms with E-state index in [4.69, 9.17) is 14.2 Å². The molecule has 0 bridgehead atoms. The van der Waals surface area contributed by atoms with Crippen LogP contribution in [0.3, 0.4) is 0 Å². The number of ketones is 2. The van der Waals surface area contributed by atoms with Crippen LogP contribution < -0.4 is 0 Å². The minimum atomic E-state index is -0.935. The quantitative estimate of drug-likeness (QED) is 0.794. The molecule has 1 fully saturated rings. The molecule has 4 rings (SSSR count). The lowest BCUT2D eigenvalue weighted by molar-refractivity contribution is -0.197. The zero-order valence-corrected chi connectivity index (χ0v) is 12.0. The third-order valence-corrected chi connectivity index (χ3v) is 4.17. The molecule has 1 aliphatic carbocycles. The summed E-state index contributed by atoms with van der Waals surface area (Å²) < 4.78 is 16.9. The number of carbonyl (C=O) groups is 2. The molecule has 1 atom stereocenters. The maximum atomic E-state index is 12.6. The minimum Gasteiger partial charge on any atom is -0.476 e. The third kappa shape index (κ3) is 1.79. The van der Waals surface area contributed by atoms with E-state index >= 15 is 0 Å². The fourth-order valence-corrected chi connectivity index (χ4v) is 2.97. The van der Waals surface area contributed by atoms with Gasteiger partial charge in [0, 0.05) is 11.1 Å². The van der Waals surface area contributed by atoms with E-state index in [1.54, 1.807) is 43.3 Å². The highest BCUT2D eigenvalue weighted by molar-refractivity contribution is 6.27. The number of rotatable bonds is 1. The fourth-order valence-electron chi connectivity index (χ4n) is 2.97. The molecule has 0 radical (unpaired) electrons. The molecule has 112 valence electrons. The highest BCUT2D eigenvalue weighted by Crippen LogP contribution is 2.36. The summed E-state index contributed by atoms with van der Waals surface area (Å²) >= 11 is 0. The average molecular weight is 298 g/mol. The van der Waals surface area contributed by atoms with Gasteiger partial charge in [0.15, 0.2) is 17.6 Å². The largest absolute Gasteiger partial charge is 0.476 e. The Balaban J connectivity index is 1.73. The Morgan fingerprint density at radius 3 is 2.36 bits per heavy atom. The minimum absolute atomic E-state index is 0.0801. The van der Waals surface area contributed by atoms with E-state index in [1.807, 2.05) is 0 Å². The van der Waals surface area contributed by atoms with Gasteiger partial charge in [-0.3, -0.25) is 9.59 Å². The van der Waals surface area contributed by atoms with Gasteiger partial charge in [0.2, 0.25) is 11.6 Å². The Hall–Kier alpha value is -2.24. The lowest BCUT2D eigenvalue weighted by atomic mass is 9.86. The Bertz CT molecular complexity index is 737. The molecule has 1 saturated heterocycles. The molecule has 1 aromatic carbocycles. The molecule has 0 N–H and O–H groups in total. The Kier molecular flexibility index (Phi) is 2.82. The first-order chi connectivity index (χ1) is 10.6. The van der Waals surface area contributed by atoms with Gasteiger partial charge >= 0.3 is 0 Å². The number of hydrogen-bond donors (Lipinski definition) is 0. The van der Waals surface area contributed by atoms with Crippen molar-refractivity contribution in [3.8, 4) is 0 Å². The van der Waals surface area contributed by atoms with E-state index in [2.05, 4.69) is 0 Å². The van der Waals surface area contributed by atoms with Crippen molar-refractivity contribution in [2.24, 2.45) is 0 Å². The van der Waals surface area contributed by atoms with E-state index in [-0.39, 0.29) is 17.3 Å². The normalized spacial score (nSPS) is 25.8. The summed E-state index contributed by atoms with van der Waals surface area (Å²) in [6.07, 6.45) is 2.79. The highest BCUT2D eigenvalue weighted by atomic mass is 16.8. The van der Waals surface area contributed by atoms with Crippen LogP contribution in [-0.4, -0.2) is 36.7 Å². The molecule has 0 spiro atoms. The Labute approximate surface area is 127 Å². The van der Waals surface area contributed by atoms with Crippen molar-refractivity contribution in [1.82, 2.24) is 0 Å². The lowest BCUT2D eigenvalue weighted by Crippen LogP contribution is -2.43. The summed E-state index contributed by atoms with van der Waals surface area (Å²) in [6, 6.07) is 6.77. The number of fused-ring (bicyclic) bond motifs is 1. The van der Waals surface area contributed by atoms with Crippen LogP contribution in [0, 0.1) is 0 Å². The molecule has 5 nitrogen and oxygen atoms in total. The van der Waals surface area contributed by atoms with Crippen molar-refractivity contribution in [3.05, 3.63) is 58.9 Å². The van der Waals surface area contributed by atoms with E-state index in [0.717, 1.165) is 0 Å². The van der Waals surface area contributed by atoms with Gasteiger partial charge in [-0.2, -0.15) is 0 Å². The zero-order valence-electron chi connectivity index (χ0n) is 12.0. The molecule has 0 aromatic heterocycles. The van der Waals surface area contributed by atoms with Gasteiger partial charge in [-0.1, -0.05) is 24.3 Å². The van der Waals surface area contributed by atoms with Crippen molar-refractivity contribution in [2.45, 2.75) is 18.8 Å². The fraction of sp³-hybridized carbons (Fsp3) is 0.294. The number of hydrogen-bond acceptors (Lipinski definition) is 5. The van der Waals surface area contributed by atoms with Crippen LogP contribution in [0.25, 0.3) is 0 Å². The number of benzene rings is 1. The molecule has 22 heavy (non-hydrogen) atoms. The van der Waals surface area contributed by atoms with Crippen molar-refractivity contribution in [3.63, 3.8) is 0 Å². The van der Waals surface area contributed by atoms with E-state index in [9.17, 15) is 9.59 Å². The van der Waals surface area contributed by atoms with Crippen LogP contribution in [0.1, 0.15) is 27.6 Å². The van der Waals surface area contributed by atoms with Gasteiger partial charge in [0.25, 0.3) is 0 Å². The summed E-state index contributed by atoms with van der Waals surface area (Å²) in [5.41, 5.74) is 1.08. The van der Waals surface area contributed by atoms with Crippen LogP contribution >= 0.6 is 0 Å². The second kappa shape index (κ2) is 4.63. The Morgan fingerprint density at radius 1 is 1.05 bits per heavy atom. The molecule has 2 aliphatic heterocycles. The molecular formula is C17H14O5. The number of carbonyl (C=O) groups excluding carboxylic acids is 2. The van der Waals surface area contributed by atoms with Gasteiger partial charge in [-0.15, -0.1) is 0 Å². The van der Waals surface area contributed by atoms with Crippen LogP contribution in [0.5, 0.6) is 0 Å². The van der Waals surface area contributed by atoms with E-state index in [0.29, 0.717) is 29.9 Å². The van der Waals surface area contributed by atoms with Crippen molar-refractivity contribution in [2.75, 3.05) is 13.2 Å². The summed E-state index contributed by atoms with van der Waals surface area (Å²) in [4.78, 5) is 25.1. The summed E-state index contributed by atoms with van der Waals surface area (Å²) in [5, 5.41) is 0. The molecule has 0 amide bonds. The molecule has 2 heterocycles. The predicted molar refractivity (Wildman–Crippen MR) is 76.5 cm³/mol. The topological polar surface area (TPSA) is 61.8 Å². The summed E-state index contributed by atoms with van der Waals surface area (Å²) in [7, 11) is 0. The van der Waals surface area contributed by atoms with Gasteiger partial charge in [-0.25, -0.2) is 0 Å². The molecule has 3 aliphatic rings. The summed E-state index contributed by atoms with van der Waals surface area (Å²) in [6.45, 7) is 2.72. The molecule has 0 saturated carbocycles. The number of Topliss-reactive ketones (excluding diaryl/α,β-unsaturated/α-hetero) is 2. The smallest absolute Gasteiger partial charge is 0.229 e. The lowest BCUT2D eigenvalue weighted by Gasteiger charge is -2.34. The first-order valence-corrected chi connectivity index (χ1v) is 7.16. The van der Waals surface area contributed by atoms with Crippen LogP contribution in [0.4, 0.5) is 0 Å². The van der Waals surface area contributed by atoms with Crippen LogP contribution in [0.2, 0.25) is 0 Å². The maximum absolute atomic E-state index is 12.6. The van der Waals surface area contributed by atoms with Crippen LogP contribution in [0.15, 0.2) is 47.7 Å². The molecule has 1 unspecified atom stereocenters. The standard InChI is InChI=1S/C17H14O5/c1-17(20-8-9-21-17)13-7-6-12-14(18)10-4-2-3-5-11(10)15(19)16(12)22-13/h2-7,13H,8-9H2,1H3. The Morgan fingerprint density at radius 2 is 1.68 bits per heavy atom. The zero-order chi connectivity index (χ0) is 15.3. The number of ether oxygens (including phenoxy) is 3. The third-order valence-electron chi connectivity index (χ3n) is 4.17. The molecule has 1 aromatic rings. The van der Waals surface area contributed by atoms with Gasteiger partial charge in [0.1, 0.15) is 0 Å². The molecule has 5 heteroatoms. The monoisotopic (exact) mass is 298 g/mol. The highest BCUT2D eigenvalue weighted by Gasteiger charge is 2.45. The van der Waals surface area contributed by atoms with Gasteiger partial charge < -0.3 is 14.2 Å². The summed E-state index contributed by atoms with van der Waals surface area (Å²) in [5.74, 6) is -1.33. The van der Waals surface area contributed by atoms with Crippen molar-refractivity contribution < 1.29 is 23.8 Å². The van der Waals surface area contributed by atoms with Crippen molar-refractivity contribution >= 4 is 11.6 Å². The maximum Gasteiger partial charge on any atom is 0.229 e. The first-order valence-electron chi connectivity index (χ1n) is 7.16. The van der Waals surface area contributed by atoms with E-state index < -0.39 is 11.9 Å². The van der Waals surface area contributed by atoms with E-state index in [1.165, 1.54) is 0 Å². The second-order valence-corrected chi connectivity index (χ2v) is 5.56. The van der Waals surface area contributed by atoms with Crippen LogP contribution in [-0.2, 0) is 14.2 Å². The predicted octanol–water partition coefficient (Wildman–Crippen LogP) is 2.04. The van der Waals surface area contributed by atoms with Crippen molar-refractivity contribution in [1.29, 1.82) is 0 Å². The van der Waals surface area contributed by atoms with Gasteiger partial charge in [0.05, 0.1) is 18.8 Å². The molecular weight excluding hydrogens is 284 g/mol. The average Bonchev–Trinajstić information content (AvgIpc) is 3.00. The number of allylic oxidation sites excluding steroid dienone is 3.